The fourth-order valence-corrected chi connectivity index (χ4v) is 5.23. The second kappa shape index (κ2) is 10.8. The van der Waals surface area contributed by atoms with Crippen LogP contribution in [0.2, 0.25) is 5.02 Å². The molecule has 1 N–H and O–H groups in total. The van der Waals surface area contributed by atoms with Crippen molar-refractivity contribution in [2.24, 2.45) is 0 Å². The number of carbonyl (C=O) groups is 1. The number of amides is 1. The van der Waals surface area contributed by atoms with Gasteiger partial charge in [0.2, 0.25) is 5.91 Å². The van der Waals surface area contributed by atoms with Gasteiger partial charge in [-0.2, -0.15) is 0 Å². The van der Waals surface area contributed by atoms with Crippen molar-refractivity contribution in [2.45, 2.75) is 24.8 Å². The minimum absolute atomic E-state index is 0.0738. The van der Waals surface area contributed by atoms with Crippen LogP contribution in [0, 0.1) is 6.92 Å². The van der Waals surface area contributed by atoms with Gasteiger partial charge >= 0.3 is 0 Å². The smallest absolute Gasteiger partial charge is 0.264 e. The molecule has 0 bridgehead atoms. The van der Waals surface area contributed by atoms with Crippen LogP contribution < -0.4 is 19.1 Å². The molecule has 0 spiro atoms. The summed E-state index contributed by atoms with van der Waals surface area (Å²) in [6.45, 7) is 3.07. The zero-order valence-corrected chi connectivity index (χ0v) is 21.0. The van der Waals surface area contributed by atoms with E-state index >= 15 is 0 Å². The molecule has 180 valence electrons. The van der Waals surface area contributed by atoms with Crippen molar-refractivity contribution in [3.8, 4) is 11.5 Å². The lowest BCUT2D eigenvalue weighted by atomic mass is 10.1. The Bertz CT molecular complexity index is 1270. The summed E-state index contributed by atoms with van der Waals surface area (Å²) in [7, 11) is -0.955. The monoisotopic (exact) mass is 502 g/mol. The number of hydrogen-bond acceptors (Lipinski definition) is 5. The second-order valence-corrected chi connectivity index (χ2v) is 9.88. The number of nitrogens with one attached hydrogen (secondary N) is 1. The molecule has 0 radical (unpaired) electrons. The number of rotatable bonds is 9. The zero-order valence-electron chi connectivity index (χ0n) is 19.4. The van der Waals surface area contributed by atoms with E-state index in [1.807, 2.05) is 0 Å². The minimum Gasteiger partial charge on any atom is -0.497 e. The molecule has 7 nitrogen and oxygen atoms in total. The van der Waals surface area contributed by atoms with Gasteiger partial charge < -0.3 is 14.8 Å². The molecule has 0 saturated heterocycles. The second-order valence-electron chi connectivity index (χ2n) is 7.61. The third kappa shape index (κ3) is 5.46. The first-order valence-corrected chi connectivity index (χ1v) is 12.3. The van der Waals surface area contributed by atoms with Gasteiger partial charge in [-0.1, -0.05) is 35.9 Å². The van der Waals surface area contributed by atoms with Gasteiger partial charge in [0.25, 0.3) is 10.0 Å². The number of ether oxygens (including phenoxy) is 2. The average molecular weight is 503 g/mol. The third-order valence-electron chi connectivity index (χ3n) is 5.41. The molecule has 0 heterocycles. The van der Waals surface area contributed by atoms with E-state index in [0.717, 1.165) is 4.31 Å². The third-order valence-corrected chi connectivity index (χ3v) is 7.59. The molecule has 0 aromatic heterocycles. The van der Waals surface area contributed by atoms with E-state index in [4.69, 9.17) is 21.1 Å². The molecule has 34 heavy (non-hydrogen) atoms. The van der Waals surface area contributed by atoms with Gasteiger partial charge in [0.1, 0.15) is 18.0 Å². The largest absolute Gasteiger partial charge is 0.497 e. The van der Waals surface area contributed by atoms with Crippen molar-refractivity contribution in [3.05, 3.63) is 82.9 Å². The van der Waals surface area contributed by atoms with Crippen LogP contribution in [0.3, 0.4) is 0 Å². The number of hydrogen-bond donors (Lipinski definition) is 1. The van der Waals surface area contributed by atoms with Crippen molar-refractivity contribution >= 4 is 33.2 Å². The molecule has 0 aliphatic heterocycles. The fourth-order valence-electron chi connectivity index (χ4n) is 3.56. The maximum Gasteiger partial charge on any atom is 0.264 e. The van der Waals surface area contributed by atoms with E-state index < -0.39 is 28.5 Å². The van der Waals surface area contributed by atoms with E-state index in [9.17, 15) is 13.2 Å². The summed E-state index contributed by atoms with van der Waals surface area (Å²) >= 11 is 6.27. The first kappa shape index (κ1) is 25.4. The summed E-state index contributed by atoms with van der Waals surface area (Å²) in [5.74, 6) is 0.698. The molecule has 0 aliphatic rings. The van der Waals surface area contributed by atoms with Gasteiger partial charge in [-0.05, 0) is 61.9 Å². The summed E-state index contributed by atoms with van der Waals surface area (Å²) in [5, 5.41) is 3.27. The van der Waals surface area contributed by atoms with Gasteiger partial charge in [-0.15, -0.1) is 0 Å². The molecule has 0 unspecified atom stereocenters. The van der Waals surface area contributed by atoms with Gasteiger partial charge in [0.05, 0.1) is 30.8 Å². The van der Waals surface area contributed by atoms with Crippen LogP contribution in [-0.2, 0) is 14.8 Å². The number of benzene rings is 3. The van der Waals surface area contributed by atoms with E-state index in [1.165, 1.54) is 19.2 Å². The molecule has 0 aliphatic carbocycles. The Labute approximate surface area is 205 Å². The van der Waals surface area contributed by atoms with E-state index in [1.54, 1.807) is 75.6 Å². The quantitative estimate of drug-likeness (QED) is 0.457. The van der Waals surface area contributed by atoms with Crippen LogP contribution in [-0.4, -0.2) is 35.1 Å². The van der Waals surface area contributed by atoms with Gasteiger partial charge in [0.15, 0.2) is 0 Å². The van der Waals surface area contributed by atoms with Crippen molar-refractivity contribution in [1.82, 2.24) is 5.32 Å². The SMILES string of the molecule is COc1ccc(OC)c([C@@H](C)NC(=O)CN(c2cccc(Cl)c2C)S(=O)(=O)c2ccccc2)c1. The number of anilines is 1. The molecule has 9 heteroatoms. The van der Waals surface area contributed by atoms with Crippen LogP contribution in [0.25, 0.3) is 0 Å². The van der Waals surface area contributed by atoms with E-state index in [0.29, 0.717) is 33.3 Å². The first-order chi connectivity index (χ1) is 16.2. The summed E-state index contributed by atoms with van der Waals surface area (Å²) in [5.41, 5.74) is 1.59. The topological polar surface area (TPSA) is 84.9 Å². The Morgan fingerprint density at radius 1 is 1.03 bits per heavy atom. The highest BCUT2D eigenvalue weighted by Gasteiger charge is 2.29. The highest BCUT2D eigenvalue weighted by Crippen LogP contribution is 2.32. The van der Waals surface area contributed by atoms with Gasteiger partial charge in [-0.25, -0.2) is 8.42 Å². The summed E-state index contributed by atoms with van der Waals surface area (Å²) in [6, 6.07) is 17.7. The van der Waals surface area contributed by atoms with Gasteiger partial charge in [0, 0.05) is 10.6 Å². The number of methoxy groups -OCH3 is 2. The maximum absolute atomic E-state index is 13.5. The molecule has 0 fully saturated rings. The molecule has 0 saturated carbocycles. The first-order valence-electron chi connectivity index (χ1n) is 10.5. The molecule has 1 atom stereocenters. The Hall–Kier alpha value is -3.23. The molecule has 3 aromatic rings. The fraction of sp³-hybridized carbons (Fsp3) is 0.240. The Morgan fingerprint density at radius 3 is 2.38 bits per heavy atom. The number of sulfonamides is 1. The zero-order chi connectivity index (χ0) is 24.9. The van der Waals surface area contributed by atoms with Crippen molar-refractivity contribution < 1.29 is 22.7 Å². The maximum atomic E-state index is 13.5. The number of carbonyl (C=O) groups excluding carboxylic acids is 1. The lowest BCUT2D eigenvalue weighted by Crippen LogP contribution is -2.42. The minimum atomic E-state index is -4.04. The molecule has 3 rings (SSSR count). The summed E-state index contributed by atoms with van der Waals surface area (Å²) in [6.07, 6.45) is 0. The van der Waals surface area contributed by atoms with Crippen molar-refractivity contribution in [3.63, 3.8) is 0 Å². The van der Waals surface area contributed by atoms with Crippen molar-refractivity contribution in [1.29, 1.82) is 0 Å². The summed E-state index contributed by atoms with van der Waals surface area (Å²) in [4.78, 5) is 13.2. The lowest BCUT2D eigenvalue weighted by molar-refractivity contribution is -0.120. The highest BCUT2D eigenvalue weighted by molar-refractivity contribution is 7.92. The molecular weight excluding hydrogens is 476 g/mol. The van der Waals surface area contributed by atoms with E-state index in [-0.39, 0.29) is 4.90 Å². The average Bonchev–Trinajstić information content (AvgIpc) is 2.84. The van der Waals surface area contributed by atoms with Crippen LogP contribution in [0.1, 0.15) is 24.1 Å². The predicted octanol–water partition coefficient (Wildman–Crippen LogP) is 4.74. The van der Waals surface area contributed by atoms with Crippen molar-refractivity contribution in [2.75, 3.05) is 25.1 Å². The van der Waals surface area contributed by atoms with Crippen LogP contribution in [0.4, 0.5) is 5.69 Å². The Morgan fingerprint density at radius 2 is 1.74 bits per heavy atom. The number of halogens is 1. The van der Waals surface area contributed by atoms with Gasteiger partial charge in [-0.3, -0.25) is 9.10 Å². The molecule has 1 amide bonds. The van der Waals surface area contributed by atoms with Crippen LogP contribution in [0.5, 0.6) is 11.5 Å². The van der Waals surface area contributed by atoms with Crippen LogP contribution >= 0.6 is 11.6 Å². The Balaban J connectivity index is 1.94. The standard InChI is InChI=1S/C25H27ClN2O5S/c1-17-22(26)11-8-12-23(17)28(34(30,31)20-9-6-5-7-10-20)16-25(29)27-18(2)21-15-19(32-3)13-14-24(21)33-4/h5-15,18H,16H2,1-4H3,(H,27,29)/t18-/m1/s1. The predicted molar refractivity (Wildman–Crippen MR) is 133 cm³/mol. The van der Waals surface area contributed by atoms with E-state index in [2.05, 4.69) is 5.32 Å². The van der Waals surface area contributed by atoms with Crippen LogP contribution in [0.15, 0.2) is 71.6 Å². The highest BCUT2D eigenvalue weighted by atomic mass is 35.5. The Kier molecular flexibility index (Phi) is 8.06. The molecule has 3 aromatic carbocycles. The number of nitrogens with zero attached hydrogens (tertiary/aromatic N) is 1. The molecular formula is C25H27ClN2O5S. The normalized spacial score (nSPS) is 12.0. The lowest BCUT2D eigenvalue weighted by Gasteiger charge is -2.27. The summed E-state index contributed by atoms with van der Waals surface area (Å²) < 4.78 is 38.8.